The van der Waals surface area contributed by atoms with Crippen molar-refractivity contribution in [3.8, 4) is 0 Å². The van der Waals surface area contributed by atoms with Gasteiger partial charge >= 0.3 is 0 Å². The van der Waals surface area contributed by atoms with Crippen LogP contribution in [-0.4, -0.2) is 19.0 Å². The molecule has 0 bridgehead atoms. The zero-order valence-corrected chi connectivity index (χ0v) is 10.7. The first-order chi connectivity index (χ1) is 7.41. The fourth-order valence-electron chi connectivity index (χ4n) is 1.31. The minimum absolute atomic E-state index is 0.00502. The van der Waals surface area contributed by atoms with E-state index in [1.807, 2.05) is 25.1 Å². The van der Waals surface area contributed by atoms with Gasteiger partial charge in [0.05, 0.1) is 0 Å². The molecule has 1 aromatic rings. The highest BCUT2D eigenvalue weighted by Gasteiger charge is 2.09. The van der Waals surface area contributed by atoms with Gasteiger partial charge in [-0.15, -0.1) is 0 Å². The predicted octanol–water partition coefficient (Wildman–Crippen LogP) is 1.40. The van der Waals surface area contributed by atoms with Gasteiger partial charge in [0.2, 0.25) is 5.96 Å². The molecular formula is C10H14BrN5. The van der Waals surface area contributed by atoms with E-state index in [9.17, 15) is 0 Å². The Hall–Kier alpha value is -1.56. The fourth-order valence-corrected chi connectivity index (χ4v) is 1.78. The molecule has 0 aliphatic rings. The lowest BCUT2D eigenvalue weighted by Gasteiger charge is -2.19. The first-order valence-corrected chi connectivity index (χ1v) is 5.39. The third-order valence-corrected chi connectivity index (χ3v) is 2.57. The van der Waals surface area contributed by atoms with Crippen molar-refractivity contribution >= 4 is 33.5 Å². The van der Waals surface area contributed by atoms with Crippen LogP contribution in [0.25, 0.3) is 0 Å². The Bertz CT molecular complexity index is 437. The van der Waals surface area contributed by atoms with Crippen LogP contribution in [0, 0.1) is 12.3 Å². The maximum absolute atomic E-state index is 7.68. The second-order valence-electron chi connectivity index (χ2n) is 3.35. The van der Waals surface area contributed by atoms with Crippen molar-refractivity contribution in [2.75, 3.05) is 11.9 Å². The monoisotopic (exact) mass is 283 g/mol. The van der Waals surface area contributed by atoms with Crippen LogP contribution >= 0.6 is 15.9 Å². The molecule has 6 heteroatoms. The van der Waals surface area contributed by atoms with Gasteiger partial charge in [-0.3, -0.25) is 5.41 Å². The van der Waals surface area contributed by atoms with Gasteiger partial charge in [-0.1, -0.05) is 15.9 Å². The van der Waals surface area contributed by atoms with Crippen molar-refractivity contribution in [2.24, 2.45) is 16.5 Å². The largest absolute Gasteiger partial charge is 0.370 e. The van der Waals surface area contributed by atoms with E-state index in [1.165, 1.54) is 0 Å². The average molecular weight is 284 g/mol. The summed E-state index contributed by atoms with van der Waals surface area (Å²) >= 11 is 3.38. The van der Waals surface area contributed by atoms with Crippen LogP contribution in [0.3, 0.4) is 0 Å². The Morgan fingerprint density at radius 3 is 2.56 bits per heavy atom. The maximum Gasteiger partial charge on any atom is 0.225 e. The van der Waals surface area contributed by atoms with E-state index in [0.717, 1.165) is 15.7 Å². The Morgan fingerprint density at radius 2 is 2.06 bits per heavy atom. The van der Waals surface area contributed by atoms with Gasteiger partial charge in [-0.2, -0.15) is 4.99 Å². The van der Waals surface area contributed by atoms with Gasteiger partial charge in [0.15, 0.2) is 5.96 Å². The molecule has 0 amide bonds. The molecule has 86 valence electrons. The number of nitrogens with one attached hydrogen (secondary N) is 1. The summed E-state index contributed by atoms with van der Waals surface area (Å²) in [5.74, 6) is -0.114. The third kappa shape index (κ3) is 2.96. The molecule has 1 aromatic carbocycles. The molecule has 0 unspecified atom stereocenters. The number of anilines is 1. The number of guanidine groups is 2. The minimum atomic E-state index is -0.119. The standard InChI is InChI=1S/C10H14BrN5/c1-6-5-7(11)3-4-8(6)16(2)10(14)15-9(12)13/h3-5H,1-2H3,(H5,12,13,14,15). The third-order valence-electron chi connectivity index (χ3n) is 2.07. The highest BCUT2D eigenvalue weighted by Crippen LogP contribution is 2.23. The lowest BCUT2D eigenvalue weighted by atomic mass is 10.2. The van der Waals surface area contributed by atoms with E-state index >= 15 is 0 Å². The van der Waals surface area contributed by atoms with Gasteiger partial charge < -0.3 is 16.4 Å². The fraction of sp³-hybridized carbons (Fsp3) is 0.200. The van der Waals surface area contributed by atoms with E-state index in [2.05, 4.69) is 20.9 Å². The lowest BCUT2D eigenvalue weighted by Crippen LogP contribution is -2.30. The van der Waals surface area contributed by atoms with Gasteiger partial charge in [-0.25, -0.2) is 0 Å². The molecule has 1 rings (SSSR count). The molecule has 0 fully saturated rings. The Balaban J connectivity index is 3.01. The number of hydrogen-bond donors (Lipinski definition) is 3. The summed E-state index contributed by atoms with van der Waals surface area (Å²) in [6, 6.07) is 5.77. The zero-order chi connectivity index (χ0) is 12.3. The molecule has 16 heavy (non-hydrogen) atoms. The number of nitrogens with two attached hydrogens (primary N) is 2. The van der Waals surface area contributed by atoms with Crippen molar-refractivity contribution in [3.63, 3.8) is 0 Å². The summed E-state index contributed by atoms with van der Waals surface area (Å²) in [5.41, 5.74) is 12.4. The van der Waals surface area contributed by atoms with Crippen LogP contribution in [0.2, 0.25) is 0 Å². The zero-order valence-electron chi connectivity index (χ0n) is 9.16. The molecular weight excluding hydrogens is 270 g/mol. The molecule has 0 aliphatic heterocycles. The predicted molar refractivity (Wildman–Crippen MR) is 70.8 cm³/mol. The summed E-state index contributed by atoms with van der Waals surface area (Å²) in [7, 11) is 1.74. The summed E-state index contributed by atoms with van der Waals surface area (Å²) < 4.78 is 0.996. The molecule has 0 atom stereocenters. The maximum atomic E-state index is 7.68. The number of nitrogens with zero attached hydrogens (tertiary/aromatic N) is 2. The number of benzene rings is 1. The summed E-state index contributed by atoms with van der Waals surface area (Å²) in [6.07, 6.45) is 0. The van der Waals surface area contributed by atoms with E-state index in [4.69, 9.17) is 16.9 Å². The molecule has 0 heterocycles. The van der Waals surface area contributed by atoms with Gasteiger partial charge in [-0.05, 0) is 30.7 Å². The second-order valence-corrected chi connectivity index (χ2v) is 4.27. The lowest BCUT2D eigenvalue weighted by molar-refractivity contribution is 1.17. The SMILES string of the molecule is Cc1cc(Br)ccc1N(C)C(=N)N=C(N)N. The molecule has 5 N–H and O–H groups in total. The number of rotatable bonds is 1. The van der Waals surface area contributed by atoms with Crippen LogP contribution in [-0.2, 0) is 0 Å². The average Bonchev–Trinajstić information content (AvgIpc) is 2.15. The van der Waals surface area contributed by atoms with Crippen molar-refractivity contribution < 1.29 is 0 Å². The molecule has 0 radical (unpaired) electrons. The molecule has 0 spiro atoms. The highest BCUT2D eigenvalue weighted by atomic mass is 79.9. The van der Waals surface area contributed by atoms with Crippen molar-refractivity contribution in [3.05, 3.63) is 28.2 Å². The highest BCUT2D eigenvalue weighted by molar-refractivity contribution is 9.10. The first-order valence-electron chi connectivity index (χ1n) is 4.60. The molecule has 0 saturated heterocycles. The summed E-state index contributed by atoms with van der Waals surface area (Å²) in [4.78, 5) is 5.30. The molecule has 5 nitrogen and oxygen atoms in total. The van der Waals surface area contributed by atoms with Gasteiger partial charge in [0.1, 0.15) is 0 Å². The van der Waals surface area contributed by atoms with Gasteiger partial charge in [0, 0.05) is 17.2 Å². The van der Waals surface area contributed by atoms with Crippen molar-refractivity contribution in [1.82, 2.24) is 0 Å². The topological polar surface area (TPSA) is 91.5 Å². The van der Waals surface area contributed by atoms with E-state index in [-0.39, 0.29) is 11.9 Å². The van der Waals surface area contributed by atoms with Crippen molar-refractivity contribution in [2.45, 2.75) is 6.92 Å². The van der Waals surface area contributed by atoms with Crippen LogP contribution in [0.5, 0.6) is 0 Å². The molecule has 0 aromatic heterocycles. The molecule has 0 saturated carbocycles. The number of aryl methyl sites for hydroxylation is 1. The van der Waals surface area contributed by atoms with E-state index in [0.29, 0.717) is 0 Å². The van der Waals surface area contributed by atoms with E-state index in [1.54, 1.807) is 11.9 Å². The number of aliphatic imine (C=N–C) groups is 1. The van der Waals surface area contributed by atoms with Crippen LogP contribution in [0.1, 0.15) is 5.56 Å². The summed E-state index contributed by atoms with van der Waals surface area (Å²) in [6.45, 7) is 1.96. The van der Waals surface area contributed by atoms with Crippen LogP contribution in [0.4, 0.5) is 5.69 Å². The second kappa shape index (κ2) is 4.98. The van der Waals surface area contributed by atoms with Crippen LogP contribution < -0.4 is 16.4 Å². The Labute approximate surface area is 103 Å². The van der Waals surface area contributed by atoms with Gasteiger partial charge in [0.25, 0.3) is 0 Å². The molecule has 0 aliphatic carbocycles. The summed E-state index contributed by atoms with van der Waals surface area (Å²) in [5, 5.41) is 7.68. The normalized spacial score (nSPS) is 9.69. The Kier molecular flexibility index (Phi) is 3.89. The first kappa shape index (κ1) is 12.5. The van der Waals surface area contributed by atoms with E-state index < -0.39 is 0 Å². The smallest absolute Gasteiger partial charge is 0.225 e. The van der Waals surface area contributed by atoms with Crippen LogP contribution in [0.15, 0.2) is 27.7 Å². The quantitative estimate of drug-likeness (QED) is 0.537. The number of hydrogen-bond acceptors (Lipinski definition) is 1. The van der Waals surface area contributed by atoms with Crippen molar-refractivity contribution in [1.29, 1.82) is 5.41 Å². The number of halogens is 1. The Morgan fingerprint density at radius 1 is 1.44 bits per heavy atom. The minimum Gasteiger partial charge on any atom is -0.370 e.